The number of nitrogens with two attached hydrogens (primary N) is 1. The lowest BCUT2D eigenvalue weighted by atomic mass is 9.80. The lowest BCUT2D eigenvalue weighted by molar-refractivity contribution is -0.128. The van der Waals surface area contributed by atoms with Crippen molar-refractivity contribution in [1.82, 2.24) is 5.32 Å². The Kier molecular flexibility index (Phi) is 3.47. The molecule has 2 fully saturated rings. The van der Waals surface area contributed by atoms with Gasteiger partial charge in [-0.15, -0.1) is 0 Å². The van der Waals surface area contributed by atoms with Gasteiger partial charge >= 0.3 is 0 Å². The van der Waals surface area contributed by atoms with Crippen LogP contribution in [-0.2, 0) is 14.3 Å². The molecule has 1 saturated heterocycles. The summed E-state index contributed by atoms with van der Waals surface area (Å²) in [6.07, 6.45) is 3.23. The Morgan fingerprint density at radius 3 is 2.75 bits per heavy atom. The van der Waals surface area contributed by atoms with Crippen LogP contribution in [0.2, 0.25) is 0 Å². The van der Waals surface area contributed by atoms with Gasteiger partial charge in [0.05, 0.1) is 24.7 Å². The average molecular weight is 228 g/mol. The van der Waals surface area contributed by atoms with Gasteiger partial charge in [0, 0.05) is 19.7 Å². The van der Waals surface area contributed by atoms with Gasteiger partial charge in [-0.2, -0.15) is 0 Å². The minimum atomic E-state index is -0.200. The predicted molar refractivity (Wildman–Crippen MR) is 58.9 cm³/mol. The lowest BCUT2D eigenvalue weighted by Crippen LogP contribution is -2.51. The molecule has 5 nitrogen and oxygen atoms in total. The van der Waals surface area contributed by atoms with Gasteiger partial charge in [-0.05, 0) is 19.3 Å². The van der Waals surface area contributed by atoms with Crippen LogP contribution in [0.1, 0.15) is 19.3 Å². The van der Waals surface area contributed by atoms with Gasteiger partial charge in [0.15, 0.2) is 0 Å². The molecule has 0 spiro atoms. The predicted octanol–water partition coefficient (Wildman–Crippen LogP) is -0.355. The topological polar surface area (TPSA) is 73.6 Å². The third-order valence-electron chi connectivity index (χ3n) is 3.74. The number of hydrogen-bond donors (Lipinski definition) is 2. The Morgan fingerprint density at radius 1 is 1.56 bits per heavy atom. The molecule has 1 aliphatic heterocycles. The summed E-state index contributed by atoms with van der Waals surface area (Å²) in [5.41, 5.74) is 5.66. The quantitative estimate of drug-likeness (QED) is 0.689. The molecule has 2 unspecified atom stereocenters. The monoisotopic (exact) mass is 228 g/mol. The van der Waals surface area contributed by atoms with E-state index >= 15 is 0 Å². The summed E-state index contributed by atoms with van der Waals surface area (Å²) in [4.78, 5) is 11.8. The third-order valence-corrected chi connectivity index (χ3v) is 3.74. The summed E-state index contributed by atoms with van der Waals surface area (Å²) in [6.45, 7) is 1.51. The fourth-order valence-corrected chi connectivity index (χ4v) is 2.24. The van der Waals surface area contributed by atoms with Crippen molar-refractivity contribution in [2.24, 2.45) is 11.7 Å². The van der Waals surface area contributed by atoms with Gasteiger partial charge in [-0.3, -0.25) is 4.79 Å². The number of rotatable bonds is 4. The van der Waals surface area contributed by atoms with Crippen LogP contribution in [0, 0.1) is 5.92 Å². The van der Waals surface area contributed by atoms with E-state index < -0.39 is 0 Å². The van der Waals surface area contributed by atoms with Crippen LogP contribution in [0.25, 0.3) is 0 Å². The van der Waals surface area contributed by atoms with Crippen molar-refractivity contribution in [3.05, 3.63) is 0 Å². The third kappa shape index (κ3) is 2.21. The number of hydrogen-bond acceptors (Lipinski definition) is 4. The second-order valence-electron chi connectivity index (χ2n) is 4.77. The normalized spacial score (nSPS) is 32.1. The number of ether oxygens (including phenoxy) is 2. The van der Waals surface area contributed by atoms with Crippen LogP contribution >= 0.6 is 0 Å². The summed E-state index contributed by atoms with van der Waals surface area (Å²) < 4.78 is 10.6. The van der Waals surface area contributed by atoms with E-state index in [2.05, 4.69) is 5.32 Å². The Labute approximate surface area is 95.7 Å². The molecule has 1 amide bonds. The largest absolute Gasteiger partial charge is 0.379 e. The van der Waals surface area contributed by atoms with Crippen LogP contribution in [-0.4, -0.2) is 44.4 Å². The molecule has 1 aliphatic carbocycles. The fraction of sp³-hybridized carbons (Fsp3) is 0.909. The summed E-state index contributed by atoms with van der Waals surface area (Å²) in [5.74, 6) is -0.206. The van der Waals surface area contributed by atoms with Gasteiger partial charge in [0.2, 0.25) is 5.91 Å². The molecule has 0 aromatic carbocycles. The highest BCUT2D eigenvalue weighted by atomic mass is 16.5. The molecule has 2 aliphatic rings. The highest BCUT2D eigenvalue weighted by Gasteiger charge is 2.38. The minimum absolute atomic E-state index is 0.00618. The van der Waals surface area contributed by atoms with Crippen molar-refractivity contribution in [2.75, 3.05) is 26.9 Å². The van der Waals surface area contributed by atoms with E-state index in [-0.39, 0.29) is 23.5 Å². The number of amides is 1. The fourth-order valence-electron chi connectivity index (χ4n) is 2.24. The zero-order chi connectivity index (χ0) is 11.6. The second kappa shape index (κ2) is 4.69. The summed E-state index contributed by atoms with van der Waals surface area (Å²) in [6, 6.07) is -0.167. The maximum absolute atomic E-state index is 11.8. The minimum Gasteiger partial charge on any atom is -0.379 e. The van der Waals surface area contributed by atoms with E-state index in [9.17, 15) is 4.79 Å². The standard InChI is InChI=1S/C11H20N2O3/c1-15-11(3-2-4-11)7-13-10(14)8-5-16-6-9(8)12/h8-9H,2-7,12H2,1H3,(H,13,14). The maximum Gasteiger partial charge on any atom is 0.227 e. The summed E-state index contributed by atoms with van der Waals surface area (Å²) >= 11 is 0. The highest BCUT2D eigenvalue weighted by molar-refractivity contribution is 5.79. The average Bonchev–Trinajstić information content (AvgIpc) is 2.63. The highest BCUT2D eigenvalue weighted by Crippen LogP contribution is 2.34. The first-order chi connectivity index (χ1) is 7.67. The van der Waals surface area contributed by atoms with Crippen molar-refractivity contribution in [1.29, 1.82) is 0 Å². The molecular weight excluding hydrogens is 208 g/mol. The van der Waals surface area contributed by atoms with Crippen molar-refractivity contribution in [3.63, 3.8) is 0 Å². The number of methoxy groups -OCH3 is 1. The van der Waals surface area contributed by atoms with Crippen molar-refractivity contribution >= 4 is 5.91 Å². The summed E-state index contributed by atoms with van der Waals surface area (Å²) in [7, 11) is 1.70. The maximum atomic E-state index is 11.8. The number of carbonyl (C=O) groups excluding carboxylic acids is 1. The van der Waals surface area contributed by atoms with Crippen LogP contribution in [0.3, 0.4) is 0 Å². The van der Waals surface area contributed by atoms with Crippen LogP contribution in [0.5, 0.6) is 0 Å². The Balaban J connectivity index is 1.79. The molecule has 2 atom stereocenters. The molecule has 1 heterocycles. The van der Waals surface area contributed by atoms with E-state index in [0.29, 0.717) is 19.8 Å². The summed E-state index contributed by atoms with van der Waals surface area (Å²) in [5, 5.41) is 2.92. The van der Waals surface area contributed by atoms with Crippen LogP contribution < -0.4 is 11.1 Å². The smallest absolute Gasteiger partial charge is 0.227 e. The van der Waals surface area contributed by atoms with E-state index in [1.54, 1.807) is 7.11 Å². The van der Waals surface area contributed by atoms with Crippen LogP contribution in [0.4, 0.5) is 0 Å². The van der Waals surface area contributed by atoms with E-state index in [4.69, 9.17) is 15.2 Å². The number of nitrogens with one attached hydrogen (secondary N) is 1. The van der Waals surface area contributed by atoms with E-state index in [1.165, 1.54) is 6.42 Å². The molecule has 16 heavy (non-hydrogen) atoms. The van der Waals surface area contributed by atoms with Gasteiger partial charge in [0.1, 0.15) is 0 Å². The van der Waals surface area contributed by atoms with Gasteiger partial charge in [-0.25, -0.2) is 0 Å². The molecule has 3 N–H and O–H groups in total. The first-order valence-corrected chi connectivity index (χ1v) is 5.83. The van der Waals surface area contributed by atoms with Crippen molar-refractivity contribution in [2.45, 2.75) is 30.9 Å². The van der Waals surface area contributed by atoms with Crippen molar-refractivity contribution in [3.8, 4) is 0 Å². The molecule has 0 bridgehead atoms. The zero-order valence-corrected chi connectivity index (χ0v) is 9.70. The second-order valence-corrected chi connectivity index (χ2v) is 4.77. The Morgan fingerprint density at radius 2 is 2.31 bits per heavy atom. The van der Waals surface area contributed by atoms with Crippen LogP contribution in [0.15, 0.2) is 0 Å². The molecule has 1 saturated carbocycles. The van der Waals surface area contributed by atoms with E-state index in [0.717, 1.165) is 12.8 Å². The lowest BCUT2D eigenvalue weighted by Gasteiger charge is -2.40. The molecule has 0 aromatic heterocycles. The van der Waals surface area contributed by atoms with Crippen molar-refractivity contribution < 1.29 is 14.3 Å². The van der Waals surface area contributed by atoms with E-state index in [1.807, 2.05) is 0 Å². The van der Waals surface area contributed by atoms with Gasteiger partial charge in [0.25, 0.3) is 0 Å². The SMILES string of the molecule is COC1(CNC(=O)C2COCC2N)CCC1. The molecule has 0 radical (unpaired) electrons. The molecule has 5 heteroatoms. The van der Waals surface area contributed by atoms with Gasteiger partial charge in [-0.1, -0.05) is 0 Å². The molecule has 92 valence electrons. The first-order valence-electron chi connectivity index (χ1n) is 5.83. The van der Waals surface area contributed by atoms with Gasteiger partial charge < -0.3 is 20.5 Å². The molecule has 0 aromatic rings. The zero-order valence-electron chi connectivity index (χ0n) is 9.70. The molecular formula is C11H20N2O3. The first kappa shape index (κ1) is 11.8. The molecule has 2 rings (SSSR count). The number of carbonyl (C=O) groups is 1. The Hall–Kier alpha value is -0.650. The Bertz CT molecular complexity index is 260.